The molecule has 4 rings (SSSR count). The number of quaternary nitrogens is 1. The molecule has 0 fully saturated rings. The molecule has 3 aromatic carbocycles. The number of fused-ring (bicyclic) bond motifs is 3. The van der Waals surface area contributed by atoms with Crippen molar-refractivity contribution in [1.29, 1.82) is 0 Å². The summed E-state index contributed by atoms with van der Waals surface area (Å²) < 4.78 is 4.36. The van der Waals surface area contributed by atoms with E-state index in [-0.39, 0.29) is 0 Å². The van der Waals surface area contributed by atoms with E-state index in [0.29, 0.717) is 13.1 Å². The highest BCUT2D eigenvalue weighted by Gasteiger charge is 2.15. The highest BCUT2D eigenvalue weighted by Crippen LogP contribution is 2.33. The summed E-state index contributed by atoms with van der Waals surface area (Å²) in [5.74, 6) is 0. The number of aromatic nitrogens is 1. The largest absolute Gasteiger partial charge is 0.385 e. The molecule has 0 saturated heterocycles. The molecule has 0 radical (unpaired) electrons. The molecule has 0 aliphatic heterocycles. The second-order valence-corrected chi connectivity index (χ2v) is 8.97. The van der Waals surface area contributed by atoms with E-state index >= 15 is 0 Å². The summed E-state index contributed by atoms with van der Waals surface area (Å²) in [5, 5.41) is 15.3. The molecule has 1 heterocycles. The lowest BCUT2D eigenvalue weighted by Crippen LogP contribution is -2.87. The van der Waals surface area contributed by atoms with E-state index in [1.54, 1.807) is 0 Å². The van der Waals surface area contributed by atoms with Gasteiger partial charge in [-0.1, -0.05) is 62.2 Å². The van der Waals surface area contributed by atoms with Crippen LogP contribution in [0.2, 0.25) is 0 Å². The summed E-state index contributed by atoms with van der Waals surface area (Å²) in [6.45, 7) is 2.26. The molecule has 3 N–H and O–H groups in total. The Morgan fingerprint density at radius 3 is 2.07 bits per heavy atom. The number of halogens is 2. The Balaban J connectivity index is 1.49. The van der Waals surface area contributed by atoms with E-state index in [1.807, 2.05) is 6.07 Å². The zero-order valence-electron chi connectivity index (χ0n) is 15.5. The van der Waals surface area contributed by atoms with Crippen molar-refractivity contribution in [2.75, 3.05) is 13.1 Å². The third-order valence-electron chi connectivity index (χ3n) is 5.10. The fourth-order valence-corrected chi connectivity index (χ4v) is 4.48. The highest BCUT2D eigenvalue weighted by atomic mass is 79.9. The predicted octanol–water partition coefficient (Wildman–Crippen LogP) is 4.49. The summed E-state index contributed by atoms with van der Waals surface area (Å²) in [7, 11) is 0. The molecule has 1 atom stereocenters. The fraction of sp³-hybridized carbons (Fsp3) is 0.217. The topological polar surface area (TPSA) is 41.8 Å². The predicted molar refractivity (Wildman–Crippen MR) is 123 cm³/mol. The Labute approximate surface area is 181 Å². The van der Waals surface area contributed by atoms with Crippen molar-refractivity contribution in [3.63, 3.8) is 0 Å². The van der Waals surface area contributed by atoms with Crippen LogP contribution < -0.4 is 5.32 Å². The minimum atomic E-state index is -0.401. The summed E-state index contributed by atoms with van der Waals surface area (Å²) in [5.41, 5.74) is 3.64. The third-order valence-corrected chi connectivity index (χ3v) is 6.09. The van der Waals surface area contributed by atoms with Crippen LogP contribution in [0, 0.1) is 0 Å². The SMILES string of the molecule is O[C@H](C[NH2+]CCc1ccccc1)Cn1c2ccc(Br)cc2c2cc(Br)ccc21. The number of benzene rings is 3. The van der Waals surface area contributed by atoms with Crippen molar-refractivity contribution in [1.82, 2.24) is 4.57 Å². The molecule has 0 saturated carbocycles. The summed E-state index contributed by atoms with van der Waals surface area (Å²) >= 11 is 7.17. The fourth-order valence-electron chi connectivity index (χ4n) is 3.75. The lowest BCUT2D eigenvalue weighted by molar-refractivity contribution is -0.660. The first-order chi connectivity index (χ1) is 13.6. The van der Waals surface area contributed by atoms with Gasteiger partial charge in [-0.2, -0.15) is 0 Å². The molecular formula is C23H23Br2N2O+. The maximum atomic E-state index is 10.7. The van der Waals surface area contributed by atoms with E-state index in [1.165, 1.54) is 16.3 Å². The van der Waals surface area contributed by atoms with Gasteiger partial charge in [0.25, 0.3) is 0 Å². The van der Waals surface area contributed by atoms with E-state index in [0.717, 1.165) is 32.9 Å². The van der Waals surface area contributed by atoms with Gasteiger partial charge >= 0.3 is 0 Å². The minimum Gasteiger partial charge on any atom is -0.385 e. The molecule has 3 nitrogen and oxygen atoms in total. The van der Waals surface area contributed by atoms with E-state index in [9.17, 15) is 5.11 Å². The Kier molecular flexibility index (Phi) is 6.16. The van der Waals surface area contributed by atoms with Gasteiger partial charge in [0.1, 0.15) is 12.6 Å². The van der Waals surface area contributed by atoms with Crippen LogP contribution in [-0.4, -0.2) is 28.9 Å². The highest BCUT2D eigenvalue weighted by molar-refractivity contribution is 9.10. The van der Waals surface area contributed by atoms with E-state index in [2.05, 4.69) is 102 Å². The molecule has 0 spiro atoms. The Hall–Kier alpha value is -1.66. The van der Waals surface area contributed by atoms with Gasteiger partial charge < -0.3 is 15.0 Å². The zero-order chi connectivity index (χ0) is 19.5. The quantitative estimate of drug-likeness (QED) is 0.359. The standard InChI is InChI=1S/C23H22Br2N2O/c24-17-6-8-22-20(12-17)21-13-18(25)7-9-23(21)27(22)15-19(28)14-26-11-10-16-4-2-1-3-5-16/h1-9,12-13,19,26,28H,10-11,14-15H2/p+1/t19-/m1/s1. The molecular weight excluding hydrogens is 480 g/mol. The normalized spacial score (nSPS) is 12.7. The first-order valence-corrected chi connectivity index (χ1v) is 11.1. The lowest BCUT2D eigenvalue weighted by atomic mass is 10.1. The Morgan fingerprint density at radius 2 is 1.46 bits per heavy atom. The van der Waals surface area contributed by atoms with Crippen LogP contribution >= 0.6 is 31.9 Å². The minimum absolute atomic E-state index is 0.401. The van der Waals surface area contributed by atoms with Crippen LogP contribution in [0.15, 0.2) is 75.7 Å². The monoisotopic (exact) mass is 501 g/mol. The number of nitrogens with zero attached hydrogens (tertiary/aromatic N) is 1. The summed E-state index contributed by atoms with van der Waals surface area (Å²) in [6, 6.07) is 23.2. The summed E-state index contributed by atoms with van der Waals surface area (Å²) in [4.78, 5) is 0. The smallest absolute Gasteiger partial charge is 0.121 e. The van der Waals surface area contributed by atoms with Crippen LogP contribution in [-0.2, 0) is 13.0 Å². The number of rotatable bonds is 7. The van der Waals surface area contributed by atoms with Crippen molar-refractivity contribution in [2.24, 2.45) is 0 Å². The van der Waals surface area contributed by atoms with Crippen LogP contribution in [0.4, 0.5) is 0 Å². The van der Waals surface area contributed by atoms with Gasteiger partial charge in [-0.05, 0) is 42.0 Å². The number of nitrogens with two attached hydrogens (primary N) is 1. The molecule has 5 heteroatoms. The molecule has 1 aromatic heterocycles. The van der Waals surface area contributed by atoms with Crippen LogP contribution in [0.5, 0.6) is 0 Å². The lowest BCUT2D eigenvalue weighted by Gasteiger charge is -2.13. The van der Waals surface area contributed by atoms with Crippen molar-refractivity contribution >= 4 is 53.7 Å². The first-order valence-electron chi connectivity index (χ1n) is 9.52. The van der Waals surface area contributed by atoms with Crippen molar-refractivity contribution in [3.05, 3.63) is 81.2 Å². The summed E-state index contributed by atoms with van der Waals surface area (Å²) in [6.07, 6.45) is 0.618. The zero-order valence-corrected chi connectivity index (χ0v) is 18.7. The number of aliphatic hydroxyl groups is 1. The van der Waals surface area contributed by atoms with Crippen molar-refractivity contribution < 1.29 is 10.4 Å². The molecule has 4 aromatic rings. The second-order valence-electron chi connectivity index (χ2n) is 7.14. The maximum absolute atomic E-state index is 10.7. The molecule has 144 valence electrons. The maximum Gasteiger partial charge on any atom is 0.121 e. The number of aliphatic hydroxyl groups excluding tert-OH is 1. The van der Waals surface area contributed by atoms with Crippen LogP contribution in [0.1, 0.15) is 5.56 Å². The van der Waals surface area contributed by atoms with Crippen molar-refractivity contribution in [2.45, 2.75) is 19.1 Å². The average molecular weight is 503 g/mol. The van der Waals surface area contributed by atoms with Gasteiger partial charge in [0.05, 0.1) is 13.1 Å². The van der Waals surface area contributed by atoms with Gasteiger partial charge in [-0.3, -0.25) is 0 Å². The average Bonchev–Trinajstić information content (AvgIpc) is 2.98. The third kappa shape index (κ3) is 4.33. The molecule has 0 unspecified atom stereocenters. The molecule has 0 aliphatic rings. The van der Waals surface area contributed by atoms with Crippen LogP contribution in [0.25, 0.3) is 21.8 Å². The first kappa shape index (κ1) is 19.6. The van der Waals surface area contributed by atoms with Crippen molar-refractivity contribution in [3.8, 4) is 0 Å². The van der Waals surface area contributed by atoms with Crippen LogP contribution in [0.3, 0.4) is 0 Å². The second kappa shape index (κ2) is 8.78. The van der Waals surface area contributed by atoms with E-state index < -0.39 is 6.10 Å². The molecule has 0 bridgehead atoms. The number of hydrogen-bond donors (Lipinski definition) is 2. The van der Waals surface area contributed by atoms with Gasteiger partial charge in [0.15, 0.2) is 0 Å². The molecule has 0 aliphatic carbocycles. The number of hydrogen-bond acceptors (Lipinski definition) is 1. The molecule has 28 heavy (non-hydrogen) atoms. The van der Waals surface area contributed by atoms with Gasteiger partial charge in [0.2, 0.25) is 0 Å². The van der Waals surface area contributed by atoms with Gasteiger partial charge in [0, 0.05) is 37.2 Å². The van der Waals surface area contributed by atoms with Gasteiger partial charge in [-0.15, -0.1) is 0 Å². The van der Waals surface area contributed by atoms with Gasteiger partial charge in [-0.25, -0.2) is 0 Å². The Bertz CT molecular complexity index is 1030. The Morgan fingerprint density at radius 1 is 0.857 bits per heavy atom. The molecule has 0 amide bonds. The van der Waals surface area contributed by atoms with E-state index in [4.69, 9.17) is 0 Å².